The maximum atomic E-state index is 4.12. The molecule has 0 aliphatic rings. The summed E-state index contributed by atoms with van der Waals surface area (Å²) in [5, 5.41) is 0. The Morgan fingerprint density at radius 3 is 2.25 bits per heavy atom. The van der Waals surface area contributed by atoms with E-state index in [1.165, 1.54) is 0 Å². The Labute approximate surface area is 57.4 Å². The molecule has 0 N–H and O–H groups in total. The van der Waals surface area contributed by atoms with Crippen molar-refractivity contribution in [2.24, 2.45) is 5.41 Å². The first kappa shape index (κ1) is 8.09. The van der Waals surface area contributed by atoms with E-state index in [9.17, 15) is 0 Å². The van der Waals surface area contributed by atoms with Gasteiger partial charge in [-0.15, -0.1) is 6.58 Å². The van der Waals surface area contributed by atoms with E-state index in [0.717, 1.165) is 12.2 Å². The van der Waals surface area contributed by atoms with Crippen molar-refractivity contribution >= 4 is 12.6 Å². The van der Waals surface area contributed by atoms with Crippen LogP contribution in [0.25, 0.3) is 0 Å². The Hall–Kier alpha value is 0.0900. The van der Waals surface area contributed by atoms with Gasteiger partial charge in [-0.3, -0.25) is 0 Å². The van der Waals surface area contributed by atoms with Gasteiger partial charge in [0.25, 0.3) is 0 Å². The van der Waals surface area contributed by atoms with Gasteiger partial charge in [0.15, 0.2) is 0 Å². The van der Waals surface area contributed by atoms with Gasteiger partial charge in [-0.05, 0) is 17.6 Å². The molecule has 0 saturated carbocycles. The van der Waals surface area contributed by atoms with Crippen molar-refractivity contribution in [2.75, 3.05) is 5.75 Å². The second kappa shape index (κ2) is 3.18. The van der Waals surface area contributed by atoms with Crippen molar-refractivity contribution < 1.29 is 0 Å². The van der Waals surface area contributed by atoms with Crippen LogP contribution < -0.4 is 0 Å². The molecule has 48 valence electrons. The van der Waals surface area contributed by atoms with E-state index in [1.54, 1.807) is 0 Å². The predicted octanol–water partition coefficient (Wildman–Crippen LogP) is 2.52. The average Bonchev–Trinajstić information content (AvgIpc) is 1.67. The van der Waals surface area contributed by atoms with Crippen molar-refractivity contribution in [3.05, 3.63) is 12.7 Å². The molecule has 0 aromatic heterocycles. The van der Waals surface area contributed by atoms with E-state index < -0.39 is 0 Å². The highest BCUT2D eigenvalue weighted by molar-refractivity contribution is 7.80. The number of thiol groups is 1. The van der Waals surface area contributed by atoms with Gasteiger partial charge >= 0.3 is 0 Å². The molecule has 0 unspecified atom stereocenters. The van der Waals surface area contributed by atoms with Gasteiger partial charge in [-0.25, -0.2) is 0 Å². The largest absolute Gasteiger partial charge is 0.179 e. The SMILES string of the molecule is C=CC(C)(C)CCS. The van der Waals surface area contributed by atoms with Crippen molar-refractivity contribution in [3.8, 4) is 0 Å². The lowest BCUT2D eigenvalue weighted by Gasteiger charge is -2.16. The van der Waals surface area contributed by atoms with E-state index in [-0.39, 0.29) is 5.41 Å². The van der Waals surface area contributed by atoms with Crippen LogP contribution in [0.3, 0.4) is 0 Å². The zero-order valence-corrected chi connectivity index (χ0v) is 6.54. The van der Waals surface area contributed by atoms with Crippen LogP contribution in [-0.4, -0.2) is 5.75 Å². The Morgan fingerprint density at radius 1 is 1.62 bits per heavy atom. The van der Waals surface area contributed by atoms with Gasteiger partial charge in [0.1, 0.15) is 0 Å². The van der Waals surface area contributed by atoms with Crippen LogP contribution in [0, 0.1) is 5.41 Å². The van der Waals surface area contributed by atoms with E-state index in [1.807, 2.05) is 6.08 Å². The molecular weight excluding hydrogens is 116 g/mol. The summed E-state index contributed by atoms with van der Waals surface area (Å²) in [6.07, 6.45) is 3.09. The first-order valence-electron chi connectivity index (χ1n) is 2.87. The van der Waals surface area contributed by atoms with Crippen LogP contribution in [0.1, 0.15) is 20.3 Å². The Balaban J connectivity index is 3.53. The van der Waals surface area contributed by atoms with Crippen molar-refractivity contribution in [1.29, 1.82) is 0 Å². The maximum absolute atomic E-state index is 4.12. The fourth-order valence-corrected chi connectivity index (χ4v) is 0.967. The minimum atomic E-state index is 0.280. The molecule has 0 saturated heterocycles. The van der Waals surface area contributed by atoms with Gasteiger partial charge in [0, 0.05) is 0 Å². The molecule has 0 aliphatic heterocycles. The summed E-state index contributed by atoms with van der Waals surface area (Å²) in [5.74, 6) is 0.943. The zero-order valence-electron chi connectivity index (χ0n) is 5.65. The third-order valence-electron chi connectivity index (χ3n) is 1.31. The number of hydrogen-bond acceptors (Lipinski definition) is 1. The summed E-state index contributed by atoms with van der Waals surface area (Å²) < 4.78 is 0. The summed E-state index contributed by atoms with van der Waals surface area (Å²) in [4.78, 5) is 0. The van der Waals surface area contributed by atoms with Crippen LogP contribution in [-0.2, 0) is 0 Å². The molecule has 0 aliphatic carbocycles. The monoisotopic (exact) mass is 130 g/mol. The van der Waals surface area contributed by atoms with Crippen molar-refractivity contribution in [3.63, 3.8) is 0 Å². The van der Waals surface area contributed by atoms with E-state index >= 15 is 0 Å². The van der Waals surface area contributed by atoms with Crippen LogP contribution >= 0.6 is 12.6 Å². The number of rotatable bonds is 3. The van der Waals surface area contributed by atoms with Crippen molar-refractivity contribution in [1.82, 2.24) is 0 Å². The third-order valence-corrected chi connectivity index (χ3v) is 1.53. The van der Waals surface area contributed by atoms with Gasteiger partial charge in [0.2, 0.25) is 0 Å². The summed E-state index contributed by atoms with van der Waals surface area (Å²) >= 11 is 4.12. The van der Waals surface area contributed by atoms with Crippen LogP contribution in [0.2, 0.25) is 0 Å². The second-order valence-electron chi connectivity index (χ2n) is 2.67. The zero-order chi connectivity index (χ0) is 6.62. The molecule has 0 amide bonds. The summed E-state index contributed by atoms with van der Waals surface area (Å²) in [7, 11) is 0. The quantitative estimate of drug-likeness (QED) is 0.440. The summed E-state index contributed by atoms with van der Waals surface area (Å²) in [5.41, 5.74) is 0.280. The highest BCUT2D eigenvalue weighted by Gasteiger charge is 2.09. The molecular formula is C7H14S. The van der Waals surface area contributed by atoms with Crippen LogP contribution in [0.15, 0.2) is 12.7 Å². The first-order chi connectivity index (χ1) is 3.62. The third kappa shape index (κ3) is 3.14. The lowest BCUT2D eigenvalue weighted by molar-refractivity contribution is 0.468. The smallest absolute Gasteiger partial charge is 0.00899 e. The maximum Gasteiger partial charge on any atom is -0.00899 e. The second-order valence-corrected chi connectivity index (χ2v) is 3.11. The molecule has 0 aromatic rings. The molecule has 0 radical (unpaired) electrons. The van der Waals surface area contributed by atoms with E-state index in [2.05, 4.69) is 33.1 Å². The van der Waals surface area contributed by atoms with Crippen LogP contribution in [0.5, 0.6) is 0 Å². The number of allylic oxidation sites excluding steroid dienone is 1. The van der Waals surface area contributed by atoms with Gasteiger partial charge < -0.3 is 0 Å². The molecule has 0 fully saturated rings. The summed E-state index contributed by atoms with van der Waals surface area (Å²) in [6.45, 7) is 8.04. The minimum Gasteiger partial charge on any atom is -0.179 e. The summed E-state index contributed by atoms with van der Waals surface area (Å²) in [6, 6.07) is 0. The highest BCUT2D eigenvalue weighted by atomic mass is 32.1. The molecule has 0 atom stereocenters. The lowest BCUT2D eigenvalue weighted by Crippen LogP contribution is -2.06. The van der Waals surface area contributed by atoms with Gasteiger partial charge in [-0.2, -0.15) is 12.6 Å². The fraction of sp³-hybridized carbons (Fsp3) is 0.714. The Bertz CT molecular complexity index is 74.5. The van der Waals surface area contributed by atoms with Crippen LogP contribution in [0.4, 0.5) is 0 Å². The van der Waals surface area contributed by atoms with E-state index in [4.69, 9.17) is 0 Å². The topological polar surface area (TPSA) is 0 Å². The minimum absolute atomic E-state index is 0.280. The standard InChI is InChI=1S/C7H14S/c1-4-7(2,3)5-6-8/h4,8H,1,5-6H2,2-3H3. The number of hydrogen-bond donors (Lipinski definition) is 1. The molecule has 0 spiro atoms. The van der Waals surface area contributed by atoms with Gasteiger partial charge in [-0.1, -0.05) is 19.9 Å². The fourth-order valence-electron chi connectivity index (χ4n) is 0.390. The van der Waals surface area contributed by atoms with Crippen molar-refractivity contribution in [2.45, 2.75) is 20.3 Å². The molecule has 0 heterocycles. The first-order valence-corrected chi connectivity index (χ1v) is 3.50. The molecule has 1 heteroatoms. The lowest BCUT2D eigenvalue weighted by atomic mass is 9.91. The molecule has 0 nitrogen and oxygen atoms in total. The molecule has 8 heavy (non-hydrogen) atoms. The molecule has 0 aromatic carbocycles. The average molecular weight is 130 g/mol. The Morgan fingerprint density at radius 2 is 2.12 bits per heavy atom. The van der Waals surface area contributed by atoms with Gasteiger partial charge in [0.05, 0.1) is 0 Å². The highest BCUT2D eigenvalue weighted by Crippen LogP contribution is 2.20. The predicted molar refractivity (Wildman–Crippen MR) is 42.4 cm³/mol. The molecule has 0 rings (SSSR count). The molecule has 0 bridgehead atoms. The Kier molecular flexibility index (Phi) is 3.22. The normalized spacial score (nSPS) is 11.4. The van der Waals surface area contributed by atoms with E-state index in [0.29, 0.717) is 0 Å².